The molecule has 0 aromatic carbocycles. The van der Waals surface area contributed by atoms with Gasteiger partial charge < -0.3 is 15.0 Å². The Morgan fingerprint density at radius 1 is 1.63 bits per heavy atom. The molecule has 6 nitrogen and oxygen atoms in total. The van der Waals surface area contributed by atoms with Crippen LogP contribution < -0.4 is 5.32 Å². The molecular formula is C13H22N4O2. The molecule has 1 unspecified atom stereocenters. The summed E-state index contributed by atoms with van der Waals surface area (Å²) in [5.41, 5.74) is 1.15. The second-order valence-corrected chi connectivity index (χ2v) is 4.98. The van der Waals surface area contributed by atoms with Crippen LogP contribution in [0.25, 0.3) is 0 Å². The van der Waals surface area contributed by atoms with Crippen LogP contribution in [0.4, 0.5) is 0 Å². The second kappa shape index (κ2) is 6.68. The van der Waals surface area contributed by atoms with Crippen molar-refractivity contribution in [1.82, 2.24) is 20.0 Å². The van der Waals surface area contributed by atoms with Crippen LogP contribution in [0.2, 0.25) is 0 Å². The molecule has 1 aromatic heterocycles. The summed E-state index contributed by atoms with van der Waals surface area (Å²) in [5, 5.41) is 7.36. The summed E-state index contributed by atoms with van der Waals surface area (Å²) in [4.78, 5) is 13.8. The molecular weight excluding hydrogens is 244 g/mol. The van der Waals surface area contributed by atoms with Gasteiger partial charge >= 0.3 is 0 Å². The smallest absolute Gasteiger partial charge is 0.236 e. The zero-order chi connectivity index (χ0) is 13.7. The van der Waals surface area contributed by atoms with Gasteiger partial charge in [-0.1, -0.05) is 0 Å². The monoisotopic (exact) mass is 266 g/mol. The number of amides is 1. The minimum Gasteiger partial charge on any atom is -0.375 e. The van der Waals surface area contributed by atoms with Crippen LogP contribution in [-0.4, -0.2) is 59.5 Å². The van der Waals surface area contributed by atoms with Crippen LogP contribution in [0.5, 0.6) is 0 Å². The minimum absolute atomic E-state index is 0.143. The Bertz CT molecular complexity index is 419. The van der Waals surface area contributed by atoms with Crippen LogP contribution >= 0.6 is 0 Å². The summed E-state index contributed by atoms with van der Waals surface area (Å²) in [7, 11) is 0. The number of carbonyl (C=O) groups is 1. The number of nitrogens with one attached hydrogen (secondary N) is 1. The maximum absolute atomic E-state index is 11.9. The van der Waals surface area contributed by atoms with Crippen molar-refractivity contribution >= 4 is 5.91 Å². The van der Waals surface area contributed by atoms with Crippen LogP contribution in [0.3, 0.4) is 0 Å². The molecule has 0 aliphatic carbocycles. The molecule has 0 radical (unpaired) electrons. The van der Waals surface area contributed by atoms with Gasteiger partial charge in [0.2, 0.25) is 5.91 Å². The summed E-state index contributed by atoms with van der Waals surface area (Å²) in [6.07, 6.45) is 3.97. The number of hydrogen-bond donors (Lipinski definition) is 1. The second-order valence-electron chi connectivity index (χ2n) is 4.98. The van der Waals surface area contributed by atoms with E-state index < -0.39 is 0 Å². The highest BCUT2D eigenvalue weighted by Gasteiger charge is 2.20. The van der Waals surface area contributed by atoms with Gasteiger partial charge in [0.05, 0.1) is 32.0 Å². The van der Waals surface area contributed by atoms with E-state index >= 15 is 0 Å². The van der Waals surface area contributed by atoms with Gasteiger partial charge in [-0.2, -0.15) is 5.10 Å². The Kier molecular flexibility index (Phi) is 4.93. The molecule has 1 N–H and O–H groups in total. The number of hydrogen-bond acceptors (Lipinski definition) is 4. The van der Waals surface area contributed by atoms with E-state index in [2.05, 4.69) is 10.4 Å². The van der Waals surface area contributed by atoms with Crippen LogP contribution in [0, 0.1) is 6.92 Å². The summed E-state index contributed by atoms with van der Waals surface area (Å²) >= 11 is 0. The van der Waals surface area contributed by atoms with Crippen LogP contribution in [-0.2, 0) is 16.1 Å². The number of aromatic nitrogens is 2. The van der Waals surface area contributed by atoms with E-state index in [4.69, 9.17) is 4.74 Å². The highest BCUT2D eigenvalue weighted by atomic mass is 16.5. The first-order valence-electron chi connectivity index (χ1n) is 6.74. The topological polar surface area (TPSA) is 59.4 Å². The van der Waals surface area contributed by atoms with Gasteiger partial charge in [-0.25, -0.2) is 0 Å². The minimum atomic E-state index is 0.143. The molecule has 6 heteroatoms. The maximum atomic E-state index is 11.9. The third-order valence-electron chi connectivity index (χ3n) is 3.15. The largest absolute Gasteiger partial charge is 0.375 e. The van der Waals surface area contributed by atoms with Crippen molar-refractivity contribution in [2.75, 3.05) is 32.8 Å². The van der Waals surface area contributed by atoms with Gasteiger partial charge in [-0.3, -0.25) is 9.48 Å². The standard InChI is InChI=1S/C13H22N4O2/c1-11-7-15-17(9-11)4-3-14-8-13(18)16-5-6-19-12(2)10-16/h7,9,12,14H,3-6,8,10H2,1-2H3. The van der Waals surface area contributed by atoms with E-state index in [1.807, 2.05) is 35.8 Å². The molecule has 0 saturated carbocycles. The molecule has 1 aliphatic rings. The van der Waals surface area contributed by atoms with Crippen molar-refractivity contribution in [2.45, 2.75) is 26.5 Å². The van der Waals surface area contributed by atoms with Gasteiger partial charge in [-0.15, -0.1) is 0 Å². The molecule has 0 spiro atoms. The number of rotatable bonds is 5. The lowest BCUT2D eigenvalue weighted by Crippen LogP contribution is -2.47. The van der Waals surface area contributed by atoms with Crippen molar-refractivity contribution < 1.29 is 9.53 Å². The van der Waals surface area contributed by atoms with E-state index in [-0.39, 0.29) is 12.0 Å². The van der Waals surface area contributed by atoms with Crippen molar-refractivity contribution in [1.29, 1.82) is 0 Å². The molecule has 1 atom stereocenters. The first-order chi connectivity index (χ1) is 9.15. The quantitative estimate of drug-likeness (QED) is 0.764. The fraction of sp³-hybridized carbons (Fsp3) is 0.692. The predicted octanol–water partition coefficient (Wildman–Crippen LogP) is 0.0284. The first-order valence-corrected chi connectivity index (χ1v) is 6.74. The molecule has 1 aromatic rings. The van der Waals surface area contributed by atoms with Crippen molar-refractivity contribution in [3.63, 3.8) is 0 Å². The number of aryl methyl sites for hydroxylation is 1. The molecule has 1 amide bonds. The van der Waals surface area contributed by atoms with Gasteiger partial charge in [-0.05, 0) is 19.4 Å². The molecule has 19 heavy (non-hydrogen) atoms. The van der Waals surface area contributed by atoms with Crippen molar-refractivity contribution in [3.05, 3.63) is 18.0 Å². The zero-order valence-electron chi connectivity index (χ0n) is 11.6. The fourth-order valence-corrected chi connectivity index (χ4v) is 2.13. The first kappa shape index (κ1) is 14.0. The number of nitrogens with zero attached hydrogens (tertiary/aromatic N) is 3. The molecule has 2 rings (SSSR count). The average Bonchev–Trinajstić information content (AvgIpc) is 2.80. The molecule has 0 bridgehead atoms. The van der Waals surface area contributed by atoms with E-state index in [9.17, 15) is 4.79 Å². The average molecular weight is 266 g/mol. The van der Waals surface area contributed by atoms with Gasteiger partial charge in [0, 0.05) is 25.8 Å². The van der Waals surface area contributed by atoms with Crippen LogP contribution in [0.1, 0.15) is 12.5 Å². The molecule has 1 aliphatic heterocycles. The van der Waals surface area contributed by atoms with Gasteiger partial charge in [0.1, 0.15) is 0 Å². The summed E-state index contributed by atoms with van der Waals surface area (Å²) in [6, 6.07) is 0. The lowest BCUT2D eigenvalue weighted by molar-refractivity contribution is -0.137. The summed E-state index contributed by atoms with van der Waals surface area (Å²) < 4.78 is 7.30. The SMILES string of the molecule is Cc1cnn(CCNCC(=O)N2CCOC(C)C2)c1. The lowest BCUT2D eigenvalue weighted by atomic mass is 10.3. The molecule has 2 heterocycles. The number of morpholine rings is 1. The van der Waals surface area contributed by atoms with E-state index in [1.54, 1.807) is 0 Å². The Morgan fingerprint density at radius 3 is 3.16 bits per heavy atom. The highest BCUT2D eigenvalue weighted by Crippen LogP contribution is 2.03. The molecule has 106 valence electrons. The Labute approximate surface area is 113 Å². The Hall–Kier alpha value is -1.40. The maximum Gasteiger partial charge on any atom is 0.236 e. The van der Waals surface area contributed by atoms with Crippen molar-refractivity contribution in [2.24, 2.45) is 0 Å². The van der Waals surface area contributed by atoms with E-state index in [1.165, 1.54) is 0 Å². The Morgan fingerprint density at radius 2 is 2.47 bits per heavy atom. The van der Waals surface area contributed by atoms with E-state index in [0.717, 1.165) is 18.7 Å². The van der Waals surface area contributed by atoms with Crippen LogP contribution in [0.15, 0.2) is 12.4 Å². The fourth-order valence-electron chi connectivity index (χ4n) is 2.13. The summed E-state index contributed by atoms with van der Waals surface area (Å²) in [5.74, 6) is 0.145. The predicted molar refractivity (Wildman–Crippen MR) is 71.8 cm³/mol. The number of ether oxygens (including phenoxy) is 1. The molecule has 1 fully saturated rings. The van der Waals surface area contributed by atoms with E-state index in [0.29, 0.717) is 26.2 Å². The van der Waals surface area contributed by atoms with Gasteiger partial charge in [0.15, 0.2) is 0 Å². The number of carbonyl (C=O) groups excluding carboxylic acids is 1. The molecule has 1 saturated heterocycles. The normalized spacial score (nSPS) is 19.7. The Balaban J connectivity index is 1.63. The zero-order valence-corrected chi connectivity index (χ0v) is 11.6. The third kappa shape index (κ3) is 4.33. The highest BCUT2D eigenvalue weighted by molar-refractivity contribution is 5.78. The third-order valence-corrected chi connectivity index (χ3v) is 3.15. The summed E-state index contributed by atoms with van der Waals surface area (Å²) in [6.45, 7) is 7.94. The lowest BCUT2D eigenvalue weighted by Gasteiger charge is -2.31. The van der Waals surface area contributed by atoms with Crippen molar-refractivity contribution in [3.8, 4) is 0 Å². The van der Waals surface area contributed by atoms with Gasteiger partial charge in [0.25, 0.3) is 0 Å².